The summed E-state index contributed by atoms with van der Waals surface area (Å²) in [7, 11) is 0. The second-order valence-electron chi connectivity index (χ2n) is 4.20. The van der Waals surface area contributed by atoms with Crippen LogP contribution in [0.25, 0.3) is 0 Å². The molecule has 0 aromatic heterocycles. The average molecular weight is 249 g/mol. The molecule has 4 nitrogen and oxygen atoms in total. The van der Waals surface area contributed by atoms with Crippen molar-refractivity contribution in [3.8, 4) is 5.75 Å². The summed E-state index contributed by atoms with van der Waals surface area (Å²) in [5.41, 5.74) is 0.451. The van der Waals surface area contributed by atoms with Gasteiger partial charge in [-0.15, -0.1) is 0 Å². The first-order valence-electron chi connectivity index (χ1n) is 6.13. The Morgan fingerprint density at radius 3 is 2.83 bits per heavy atom. The van der Waals surface area contributed by atoms with Crippen LogP contribution < -0.4 is 10.1 Å². The molecule has 1 aromatic carbocycles. The van der Waals surface area contributed by atoms with Gasteiger partial charge in [-0.2, -0.15) is 0 Å². The number of hydrogen-bond donors (Lipinski definition) is 1. The van der Waals surface area contributed by atoms with Gasteiger partial charge in [-0.25, -0.2) is 0 Å². The molecule has 0 heterocycles. The highest BCUT2D eigenvalue weighted by molar-refractivity contribution is 5.80. The van der Waals surface area contributed by atoms with Crippen LogP contribution >= 0.6 is 0 Å². The van der Waals surface area contributed by atoms with Crippen LogP contribution in [0.4, 0.5) is 0 Å². The zero-order chi connectivity index (χ0) is 13.4. The highest BCUT2D eigenvalue weighted by Crippen LogP contribution is 2.15. The largest absolute Gasteiger partial charge is 0.483 e. The van der Waals surface area contributed by atoms with Gasteiger partial charge in [0.15, 0.2) is 12.9 Å². The maximum Gasteiger partial charge on any atom is 0.258 e. The quantitative estimate of drug-likeness (QED) is 0.753. The lowest BCUT2D eigenvalue weighted by molar-refractivity contribution is -0.123. The van der Waals surface area contributed by atoms with Gasteiger partial charge in [0, 0.05) is 6.04 Å². The molecule has 0 aliphatic rings. The van der Waals surface area contributed by atoms with Gasteiger partial charge < -0.3 is 10.1 Å². The van der Waals surface area contributed by atoms with Crippen LogP contribution in [0.15, 0.2) is 24.3 Å². The minimum absolute atomic E-state index is 0.0705. The molecule has 1 amide bonds. The van der Waals surface area contributed by atoms with Crippen molar-refractivity contribution in [1.29, 1.82) is 0 Å². The fourth-order valence-electron chi connectivity index (χ4n) is 1.67. The number of carbonyl (C=O) groups is 2. The first kappa shape index (κ1) is 14.2. The monoisotopic (exact) mass is 249 g/mol. The van der Waals surface area contributed by atoms with E-state index in [4.69, 9.17) is 4.74 Å². The summed E-state index contributed by atoms with van der Waals surface area (Å²) < 4.78 is 5.33. The van der Waals surface area contributed by atoms with Gasteiger partial charge in [0.05, 0.1) is 5.56 Å². The second kappa shape index (κ2) is 7.48. The molecule has 0 spiro atoms. The zero-order valence-corrected chi connectivity index (χ0v) is 10.8. The van der Waals surface area contributed by atoms with Crippen LogP contribution in [0.2, 0.25) is 0 Å². The van der Waals surface area contributed by atoms with Crippen molar-refractivity contribution >= 4 is 12.2 Å². The number of aldehydes is 1. The Kier molecular flexibility index (Phi) is 5.91. The molecule has 0 aliphatic heterocycles. The molecule has 1 rings (SSSR count). The molecular formula is C14H19NO3. The molecule has 4 heteroatoms. The molecule has 1 atom stereocenters. The van der Waals surface area contributed by atoms with E-state index in [1.165, 1.54) is 0 Å². The fraction of sp³-hybridized carbons (Fsp3) is 0.429. The Morgan fingerprint density at radius 2 is 2.17 bits per heavy atom. The SMILES string of the molecule is CCCC(C)NC(=O)COc1ccccc1C=O. The number of amides is 1. The maximum atomic E-state index is 11.6. The molecule has 0 fully saturated rings. The van der Waals surface area contributed by atoms with Gasteiger partial charge in [0.2, 0.25) is 0 Å². The minimum atomic E-state index is -0.170. The average Bonchev–Trinajstić information content (AvgIpc) is 2.37. The first-order chi connectivity index (χ1) is 8.67. The summed E-state index contributed by atoms with van der Waals surface area (Å²) in [4.78, 5) is 22.3. The molecule has 0 saturated carbocycles. The van der Waals surface area contributed by atoms with E-state index >= 15 is 0 Å². The fourth-order valence-corrected chi connectivity index (χ4v) is 1.67. The van der Waals surface area contributed by atoms with E-state index in [9.17, 15) is 9.59 Å². The zero-order valence-electron chi connectivity index (χ0n) is 10.8. The van der Waals surface area contributed by atoms with Crippen molar-refractivity contribution in [2.45, 2.75) is 32.7 Å². The molecule has 18 heavy (non-hydrogen) atoms. The predicted molar refractivity (Wildman–Crippen MR) is 69.8 cm³/mol. The molecule has 0 bridgehead atoms. The molecular weight excluding hydrogens is 230 g/mol. The third-order valence-corrected chi connectivity index (χ3v) is 2.53. The minimum Gasteiger partial charge on any atom is -0.483 e. The van der Waals surface area contributed by atoms with Crippen molar-refractivity contribution in [3.05, 3.63) is 29.8 Å². The van der Waals surface area contributed by atoms with Gasteiger partial charge >= 0.3 is 0 Å². The Hall–Kier alpha value is -1.84. The number of nitrogens with one attached hydrogen (secondary N) is 1. The number of hydrogen-bond acceptors (Lipinski definition) is 3. The predicted octanol–water partition coefficient (Wildman–Crippen LogP) is 2.18. The van der Waals surface area contributed by atoms with Crippen LogP contribution in [-0.4, -0.2) is 24.8 Å². The van der Waals surface area contributed by atoms with Gasteiger partial charge in [0.1, 0.15) is 5.75 Å². The summed E-state index contributed by atoms with van der Waals surface area (Å²) in [6.07, 6.45) is 2.68. The number of benzene rings is 1. The third kappa shape index (κ3) is 4.57. The van der Waals surface area contributed by atoms with E-state index in [0.29, 0.717) is 17.6 Å². The van der Waals surface area contributed by atoms with Crippen molar-refractivity contribution in [1.82, 2.24) is 5.32 Å². The Labute approximate surface area is 107 Å². The van der Waals surface area contributed by atoms with Crippen molar-refractivity contribution in [3.63, 3.8) is 0 Å². The molecule has 1 unspecified atom stereocenters. The van der Waals surface area contributed by atoms with Crippen LogP contribution in [0.5, 0.6) is 5.75 Å². The first-order valence-corrected chi connectivity index (χ1v) is 6.13. The Balaban J connectivity index is 2.45. The number of rotatable bonds is 7. The van der Waals surface area contributed by atoms with Gasteiger partial charge in [-0.05, 0) is 25.5 Å². The third-order valence-electron chi connectivity index (χ3n) is 2.53. The molecule has 0 radical (unpaired) electrons. The number of carbonyl (C=O) groups excluding carboxylic acids is 2. The molecule has 0 saturated heterocycles. The van der Waals surface area contributed by atoms with E-state index in [0.717, 1.165) is 12.8 Å². The summed E-state index contributed by atoms with van der Waals surface area (Å²) in [6, 6.07) is 6.99. The molecule has 1 N–H and O–H groups in total. The number of ether oxygens (including phenoxy) is 1. The van der Waals surface area contributed by atoms with Crippen molar-refractivity contribution in [2.75, 3.05) is 6.61 Å². The number of para-hydroxylation sites is 1. The maximum absolute atomic E-state index is 11.6. The highest BCUT2D eigenvalue weighted by Gasteiger charge is 2.08. The molecule has 0 aliphatic carbocycles. The summed E-state index contributed by atoms with van der Waals surface area (Å²) in [5, 5.41) is 2.84. The van der Waals surface area contributed by atoms with Gasteiger partial charge in [0.25, 0.3) is 5.91 Å². The van der Waals surface area contributed by atoms with Crippen molar-refractivity contribution in [2.24, 2.45) is 0 Å². The Morgan fingerprint density at radius 1 is 1.44 bits per heavy atom. The van der Waals surface area contributed by atoms with E-state index in [1.807, 2.05) is 6.92 Å². The van der Waals surface area contributed by atoms with E-state index in [-0.39, 0.29) is 18.6 Å². The molecule has 98 valence electrons. The topological polar surface area (TPSA) is 55.4 Å². The Bertz CT molecular complexity index is 404. The lowest BCUT2D eigenvalue weighted by atomic mass is 10.2. The van der Waals surface area contributed by atoms with Crippen LogP contribution in [0.3, 0.4) is 0 Å². The standard InChI is InChI=1S/C14H19NO3/c1-3-6-11(2)15-14(17)10-18-13-8-5-4-7-12(13)9-16/h4-5,7-9,11H,3,6,10H2,1-2H3,(H,15,17). The van der Waals surface area contributed by atoms with Gasteiger partial charge in [-0.1, -0.05) is 25.5 Å². The van der Waals surface area contributed by atoms with Crippen molar-refractivity contribution < 1.29 is 14.3 Å². The van der Waals surface area contributed by atoms with Crippen LogP contribution in [-0.2, 0) is 4.79 Å². The lowest BCUT2D eigenvalue weighted by Crippen LogP contribution is -2.36. The van der Waals surface area contributed by atoms with E-state index in [1.54, 1.807) is 24.3 Å². The summed E-state index contributed by atoms with van der Waals surface area (Å²) >= 11 is 0. The lowest BCUT2D eigenvalue weighted by Gasteiger charge is -2.13. The summed E-state index contributed by atoms with van der Waals surface area (Å²) in [6.45, 7) is 3.96. The second-order valence-corrected chi connectivity index (χ2v) is 4.20. The van der Waals surface area contributed by atoms with E-state index < -0.39 is 0 Å². The van der Waals surface area contributed by atoms with Crippen LogP contribution in [0, 0.1) is 0 Å². The summed E-state index contributed by atoms with van der Waals surface area (Å²) in [5.74, 6) is 0.266. The smallest absolute Gasteiger partial charge is 0.258 e. The van der Waals surface area contributed by atoms with Gasteiger partial charge in [-0.3, -0.25) is 9.59 Å². The van der Waals surface area contributed by atoms with E-state index in [2.05, 4.69) is 12.2 Å². The normalized spacial score (nSPS) is 11.7. The van der Waals surface area contributed by atoms with Crippen LogP contribution in [0.1, 0.15) is 37.0 Å². The highest BCUT2D eigenvalue weighted by atomic mass is 16.5. The molecule has 1 aromatic rings.